The van der Waals surface area contributed by atoms with E-state index >= 15 is 0 Å². The van der Waals surface area contributed by atoms with Gasteiger partial charge in [0.1, 0.15) is 5.82 Å². The molecule has 2 unspecified atom stereocenters. The number of hydrogen-bond donors (Lipinski definition) is 1. The number of halogens is 1. The average Bonchev–Trinajstić information content (AvgIpc) is 2.45. The minimum atomic E-state index is -0.389. The third kappa shape index (κ3) is 4.03. The van der Waals surface area contributed by atoms with Crippen LogP contribution in [0, 0.1) is 11.7 Å². The van der Waals surface area contributed by atoms with Crippen molar-refractivity contribution >= 4 is 5.91 Å². The van der Waals surface area contributed by atoms with E-state index in [0.717, 1.165) is 37.7 Å². The highest BCUT2D eigenvalue weighted by molar-refractivity contribution is 5.80. The highest BCUT2D eigenvalue weighted by atomic mass is 19.1. The second-order valence-corrected chi connectivity index (χ2v) is 6.44. The molecular weight excluding hydrogens is 267 g/mol. The molecule has 2 N–H and O–H groups in total. The Bertz CT molecular complexity index is 484. The molecule has 1 aliphatic rings. The topological polar surface area (TPSA) is 46.3 Å². The zero-order chi connectivity index (χ0) is 15.5. The predicted octanol–water partition coefficient (Wildman–Crippen LogP) is 2.73. The van der Waals surface area contributed by atoms with Gasteiger partial charge in [0, 0.05) is 19.1 Å². The van der Waals surface area contributed by atoms with Crippen LogP contribution in [0.3, 0.4) is 0 Å². The number of likely N-dealkylation sites (N-methyl/N-ethyl adjacent to an activating group) is 1. The van der Waals surface area contributed by atoms with Crippen LogP contribution in [-0.2, 0) is 11.2 Å². The Kier molecular flexibility index (Phi) is 4.99. The molecule has 3 nitrogen and oxygen atoms in total. The molecule has 1 aromatic carbocycles. The highest BCUT2D eigenvalue weighted by Gasteiger charge is 2.38. The van der Waals surface area contributed by atoms with Gasteiger partial charge < -0.3 is 10.6 Å². The number of carbonyl (C=O) groups excluding carboxylic acids is 1. The molecule has 1 saturated carbocycles. The maximum atomic E-state index is 12.9. The van der Waals surface area contributed by atoms with Crippen LogP contribution < -0.4 is 5.73 Å². The summed E-state index contributed by atoms with van der Waals surface area (Å²) in [5.74, 6) is -0.171. The van der Waals surface area contributed by atoms with Crippen LogP contribution in [0.4, 0.5) is 4.39 Å². The Morgan fingerprint density at radius 2 is 2.05 bits per heavy atom. The van der Waals surface area contributed by atoms with Gasteiger partial charge in [-0.25, -0.2) is 4.39 Å². The summed E-state index contributed by atoms with van der Waals surface area (Å²) in [5, 5.41) is 0. The Morgan fingerprint density at radius 3 is 2.67 bits per heavy atom. The quantitative estimate of drug-likeness (QED) is 0.927. The summed E-state index contributed by atoms with van der Waals surface area (Å²) in [5.41, 5.74) is 6.94. The second kappa shape index (κ2) is 6.56. The van der Waals surface area contributed by atoms with E-state index in [2.05, 4.69) is 0 Å². The van der Waals surface area contributed by atoms with E-state index in [9.17, 15) is 9.18 Å². The first kappa shape index (κ1) is 16.0. The van der Waals surface area contributed by atoms with E-state index in [1.807, 2.05) is 14.0 Å². The first-order chi connectivity index (χ1) is 9.90. The molecule has 1 aliphatic carbocycles. The number of nitrogens with two attached hydrogens (primary N) is 1. The number of nitrogens with zero attached hydrogens (tertiary/aromatic N) is 1. The van der Waals surface area contributed by atoms with Crippen molar-refractivity contribution in [2.45, 2.75) is 44.6 Å². The van der Waals surface area contributed by atoms with Crippen LogP contribution >= 0.6 is 0 Å². The summed E-state index contributed by atoms with van der Waals surface area (Å²) in [6.45, 7) is 2.62. The van der Waals surface area contributed by atoms with Gasteiger partial charge in [0.2, 0.25) is 5.91 Å². The van der Waals surface area contributed by atoms with E-state index in [-0.39, 0.29) is 23.2 Å². The van der Waals surface area contributed by atoms with Gasteiger partial charge >= 0.3 is 0 Å². The van der Waals surface area contributed by atoms with Gasteiger partial charge in [0.15, 0.2) is 0 Å². The normalized spacial score (nSPS) is 25.6. The molecule has 4 heteroatoms. The monoisotopic (exact) mass is 292 g/mol. The second-order valence-electron chi connectivity index (χ2n) is 6.44. The molecule has 116 valence electrons. The number of hydrogen-bond acceptors (Lipinski definition) is 2. The molecule has 0 radical (unpaired) electrons. The van der Waals surface area contributed by atoms with E-state index in [0.29, 0.717) is 6.54 Å². The predicted molar refractivity (Wildman–Crippen MR) is 82.3 cm³/mol. The molecule has 21 heavy (non-hydrogen) atoms. The lowest BCUT2D eigenvalue weighted by atomic mass is 9.74. The Morgan fingerprint density at radius 1 is 1.38 bits per heavy atom. The number of rotatable bonds is 4. The third-order valence-electron chi connectivity index (χ3n) is 4.58. The van der Waals surface area contributed by atoms with Crippen LogP contribution in [0.15, 0.2) is 24.3 Å². The van der Waals surface area contributed by atoms with Crippen LogP contribution in [0.1, 0.15) is 38.2 Å². The summed E-state index contributed by atoms with van der Waals surface area (Å²) < 4.78 is 12.9. The Labute approximate surface area is 126 Å². The van der Waals surface area contributed by atoms with Crippen molar-refractivity contribution in [1.29, 1.82) is 0 Å². The van der Waals surface area contributed by atoms with Crippen molar-refractivity contribution < 1.29 is 9.18 Å². The fourth-order valence-corrected chi connectivity index (χ4v) is 3.09. The van der Waals surface area contributed by atoms with Crippen LogP contribution in [0.2, 0.25) is 0 Å². The molecule has 1 fully saturated rings. The third-order valence-corrected chi connectivity index (χ3v) is 4.58. The molecule has 0 bridgehead atoms. The van der Waals surface area contributed by atoms with E-state index in [4.69, 9.17) is 5.73 Å². The van der Waals surface area contributed by atoms with E-state index in [1.54, 1.807) is 17.0 Å². The maximum Gasteiger partial charge on any atom is 0.227 e. The standard InChI is InChI=1S/C17H25FN2O/c1-17(19)11-4-3-5-15(17)16(21)20(2)12-10-13-6-8-14(18)9-7-13/h6-9,15H,3-5,10-12,19H2,1-2H3. The number of benzene rings is 1. The fraction of sp³-hybridized carbons (Fsp3) is 0.588. The van der Waals surface area contributed by atoms with Crippen LogP contribution in [0.5, 0.6) is 0 Å². The van der Waals surface area contributed by atoms with Gasteiger partial charge in [-0.05, 0) is 43.9 Å². The van der Waals surface area contributed by atoms with Crippen molar-refractivity contribution in [2.75, 3.05) is 13.6 Å². The summed E-state index contributed by atoms with van der Waals surface area (Å²) >= 11 is 0. The van der Waals surface area contributed by atoms with Crippen molar-refractivity contribution in [2.24, 2.45) is 11.7 Å². The van der Waals surface area contributed by atoms with Crippen LogP contribution in [-0.4, -0.2) is 29.9 Å². The summed E-state index contributed by atoms with van der Waals surface area (Å²) in [4.78, 5) is 14.3. The van der Waals surface area contributed by atoms with E-state index in [1.165, 1.54) is 12.1 Å². The average molecular weight is 292 g/mol. The molecule has 1 aromatic rings. The zero-order valence-corrected chi connectivity index (χ0v) is 12.9. The number of carbonyl (C=O) groups is 1. The van der Waals surface area contributed by atoms with Crippen molar-refractivity contribution in [1.82, 2.24) is 4.90 Å². The summed E-state index contributed by atoms with van der Waals surface area (Å²) in [7, 11) is 1.83. The van der Waals surface area contributed by atoms with Gasteiger partial charge in [-0.3, -0.25) is 4.79 Å². The van der Waals surface area contributed by atoms with Gasteiger partial charge in [-0.15, -0.1) is 0 Å². The fourth-order valence-electron chi connectivity index (χ4n) is 3.09. The Hall–Kier alpha value is -1.42. The first-order valence-electron chi connectivity index (χ1n) is 7.68. The number of amides is 1. The molecule has 0 heterocycles. The van der Waals surface area contributed by atoms with Gasteiger partial charge in [0.05, 0.1) is 5.92 Å². The van der Waals surface area contributed by atoms with Crippen molar-refractivity contribution in [3.05, 3.63) is 35.6 Å². The maximum absolute atomic E-state index is 12.9. The molecule has 0 aromatic heterocycles. The lowest BCUT2D eigenvalue weighted by Crippen LogP contribution is -2.53. The molecular formula is C17H25FN2O. The molecule has 0 saturated heterocycles. The SMILES string of the molecule is CN(CCc1ccc(F)cc1)C(=O)C1CCCCC1(C)N. The largest absolute Gasteiger partial charge is 0.345 e. The zero-order valence-electron chi connectivity index (χ0n) is 12.9. The molecule has 2 rings (SSSR count). The minimum Gasteiger partial charge on any atom is -0.345 e. The molecule has 0 spiro atoms. The lowest BCUT2D eigenvalue weighted by Gasteiger charge is -2.39. The lowest BCUT2D eigenvalue weighted by molar-refractivity contribution is -0.137. The molecule has 1 amide bonds. The molecule has 2 atom stereocenters. The van der Waals surface area contributed by atoms with Crippen LogP contribution in [0.25, 0.3) is 0 Å². The molecule has 0 aliphatic heterocycles. The van der Waals surface area contributed by atoms with Crippen molar-refractivity contribution in [3.63, 3.8) is 0 Å². The summed E-state index contributed by atoms with van der Waals surface area (Å²) in [6, 6.07) is 6.44. The Balaban J connectivity index is 1.91. The smallest absolute Gasteiger partial charge is 0.227 e. The summed E-state index contributed by atoms with van der Waals surface area (Å²) in [6.07, 6.45) is 4.71. The van der Waals surface area contributed by atoms with E-state index < -0.39 is 0 Å². The van der Waals surface area contributed by atoms with Crippen molar-refractivity contribution in [3.8, 4) is 0 Å². The minimum absolute atomic E-state index is 0.0792. The van der Waals surface area contributed by atoms with Gasteiger partial charge in [-0.1, -0.05) is 25.0 Å². The first-order valence-corrected chi connectivity index (χ1v) is 7.68. The van der Waals surface area contributed by atoms with Gasteiger partial charge in [-0.2, -0.15) is 0 Å². The van der Waals surface area contributed by atoms with Gasteiger partial charge in [0.25, 0.3) is 0 Å². The highest BCUT2D eigenvalue weighted by Crippen LogP contribution is 2.32.